The molecule has 15 heavy (non-hydrogen) atoms. The van der Waals surface area contributed by atoms with Crippen molar-refractivity contribution in [3.63, 3.8) is 0 Å². The van der Waals surface area contributed by atoms with Crippen molar-refractivity contribution in [3.05, 3.63) is 30.1 Å². The van der Waals surface area contributed by atoms with E-state index in [1.54, 1.807) is 12.4 Å². The van der Waals surface area contributed by atoms with Gasteiger partial charge in [-0.1, -0.05) is 19.9 Å². The van der Waals surface area contributed by atoms with Crippen LogP contribution in [0.3, 0.4) is 0 Å². The van der Waals surface area contributed by atoms with E-state index in [1.807, 2.05) is 26.0 Å². The molecule has 2 unspecified atom stereocenters. The minimum absolute atomic E-state index is 0.0646. The minimum Gasteiger partial charge on any atom is -0.330 e. The fourth-order valence-electron chi connectivity index (χ4n) is 1.73. The van der Waals surface area contributed by atoms with E-state index in [9.17, 15) is 4.39 Å². The van der Waals surface area contributed by atoms with Gasteiger partial charge >= 0.3 is 0 Å². The fraction of sp³-hybridized carbons (Fsp3) is 0.583. The molecule has 1 aromatic rings. The molecule has 1 rings (SSSR count). The molecule has 0 aromatic carbocycles. The zero-order valence-electron chi connectivity index (χ0n) is 9.36. The molecule has 3 heteroatoms. The van der Waals surface area contributed by atoms with Crippen LogP contribution in [-0.4, -0.2) is 17.7 Å². The number of halogens is 1. The number of hydrogen-bond acceptors (Lipinski definition) is 2. The highest BCUT2D eigenvalue weighted by Crippen LogP contribution is 2.20. The molecule has 2 N–H and O–H groups in total. The Morgan fingerprint density at radius 1 is 1.47 bits per heavy atom. The van der Waals surface area contributed by atoms with Crippen LogP contribution in [0, 0.1) is 11.8 Å². The first-order chi connectivity index (χ1) is 7.15. The topological polar surface area (TPSA) is 38.9 Å². The Morgan fingerprint density at radius 3 is 2.67 bits per heavy atom. The van der Waals surface area contributed by atoms with Crippen molar-refractivity contribution in [2.45, 2.75) is 26.4 Å². The van der Waals surface area contributed by atoms with E-state index in [-0.39, 0.29) is 11.8 Å². The van der Waals surface area contributed by atoms with E-state index in [0.29, 0.717) is 13.0 Å². The van der Waals surface area contributed by atoms with Gasteiger partial charge in [0.2, 0.25) is 0 Å². The number of nitrogens with zero attached hydrogens (tertiary/aromatic N) is 1. The molecular weight excluding hydrogens is 191 g/mol. The molecule has 0 fully saturated rings. The van der Waals surface area contributed by atoms with Gasteiger partial charge in [-0.2, -0.15) is 0 Å². The Bertz CT molecular complexity index is 274. The molecule has 0 aliphatic carbocycles. The highest BCUT2D eigenvalue weighted by atomic mass is 19.1. The van der Waals surface area contributed by atoms with Crippen LogP contribution < -0.4 is 5.73 Å². The van der Waals surface area contributed by atoms with Crippen LogP contribution in [0.15, 0.2) is 24.5 Å². The van der Waals surface area contributed by atoms with Crippen LogP contribution in [0.2, 0.25) is 0 Å². The first-order valence-corrected chi connectivity index (χ1v) is 5.38. The monoisotopic (exact) mass is 210 g/mol. The van der Waals surface area contributed by atoms with Crippen LogP contribution in [0.1, 0.15) is 19.4 Å². The van der Waals surface area contributed by atoms with Crippen LogP contribution in [0.5, 0.6) is 0 Å². The van der Waals surface area contributed by atoms with Gasteiger partial charge in [-0.3, -0.25) is 4.98 Å². The minimum atomic E-state index is -0.876. The summed E-state index contributed by atoms with van der Waals surface area (Å²) in [6.07, 6.45) is 2.94. The van der Waals surface area contributed by atoms with Gasteiger partial charge in [-0.05, 0) is 24.1 Å². The lowest BCUT2D eigenvalue weighted by Crippen LogP contribution is -2.30. The second kappa shape index (κ2) is 5.81. The van der Waals surface area contributed by atoms with Gasteiger partial charge in [0.25, 0.3) is 0 Å². The van der Waals surface area contributed by atoms with Crippen molar-refractivity contribution in [2.24, 2.45) is 17.6 Å². The third-order valence-corrected chi connectivity index (χ3v) is 2.75. The molecule has 0 aliphatic rings. The molecule has 0 spiro atoms. The lowest BCUT2D eigenvalue weighted by Gasteiger charge is -2.22. The lowest BCUT2D eigenvalue weighted by atomic mass is 9.88. The molecule has 0 saturated carbocycles. The first kappa shape index (κ1) is 12.1. The van der Waals surface area contributed by atoms with Crippen molar-refractivity contribution in [1.82, 2.24) is 4.98 Å². The normalized spacial score (nSPS) is 15.3. The molecule has 84 valence electrons. The van der Waals surface area contributed by atoms with Gasteiger partial charge in [0.15, 0.2) is 0 Å². The SMILES string of the molecule is CC(C)C(CN)C(F)Cc1cccnc1. The predicted molar refractivity (Wildman–Crippen MR) is 60.2 cm³/mol. The van der Waals surface area contributed by atoms with Crippen LogP contribution >= 0.6 is 0 Å². The first-order valence-electron chi connectivity index (χ1n) is 5.38. The number of aromatic nitrogens is 1. The van der Waals surface area contributed by atoms with E-state index in [2.05, 4.69) is 4.98 Å². The van der Waals surface area contributed by atoms with Gasteiger partial charge in [-0.15, -0.1) is 0 Å². The van der Waals surface area contributed by atoms with Gasteiger partial charge < -0.3 is 5.73 Å². The molecule has 0 bridgehead atoms. The number of nitrogens with two attached hydrogens (primary N) is 1. The molecule has 0 saturated heterocycles. The maximum atomic E-state index is 13.9. The summed E-state index contributed by atoms with van der Waals surface area (Å²) in [7, 11) is 0. The van der Waals surface area contributed by atoms with Crippen LogP contribution in [0.25, 0.3) is 0 Å². The molecule has 1 heterocycles. The number of pyridine rings is 1. The highest BCUT2D eigenvalue weighted by Gasteiger charge is 2.22. The molecule has 1 aromatic heterocycles. The Balaban J connectivity index is 2.58. The van der Waals surface area contributed by atoms with Gasteiger partial charge in [0, 0.05) is 24.7 Å². The number of rotatable bonds is 5. The summed E-state index contributed by atoms with van der Waals surface area (Å²) in [5, 5.41) is 0. The van der Waals surface area contributed by atoms with E-state index < -0.39 is 6.17 Å². The van der Waals surface area contributed by atoms with Crippen molar-refractivity contribution in [2.75, 3.05) is 6.54 Å². The molecule has 0 aliphatic heterocycles. The average molecular weight is 210 g/mol. The maximum Gasteiger partial charge on any atom is 0.108 e. The van der Waals surface area contributed by atoms with Crippen LogP contribution in [0.4, 0.5) is 4.39 Å². The van der Waals surface area contributed by atoms with Crippen molar-refractivity contribution in [1.29, 1.82) is 0 Å². The van der Waals surface area contributed by atoms with E-state index in [0.717, 1.165) is 5.56 Å². The predicted octanol–water partition coefficient (Wildman–Crippen LogP) is 2.19. The Kier molecular flexibility index (Phi) is 4.69. The third kappa shape index (κ3) is 3.59. The van der Waals surface area contributed by atoms with Gasteiger partial charge in [0.1, 0.15) is 6.17 Å². The van der Waals surface area contributed by atoms with E-state index in [1.165, 1.54) is 0 Å². The summed E-state index contributed by atoms with van der Waals surface area (Å²) in [6.45, 7) is 4.42. The fourth-order valence-corrected chi connectivity index (χ4v) is 1.73. The smallest absolute Gasteiger partial charge is 0.108 e. The summed E-state index contributed by atoms with van der Waals surface area (Å²) in [6, 6.07) is 3.72. The standard InChI is InChI=1S/C12H19FN2/c1-9(2)11(7-14)12(13)6-10-4-3-5-15-8-10/h3-5,8-9,11-12H,6-7,14H2,1-2H3. The highest BCUT2D eigenvalue weighted by molar-refractivity contribution is 5.10. The maximum absolute atomic E-state index is 13.9. The third-order valence-electron chi connectivity index (χ3n) is 2.75. The number of hydrogen-bond donors (Lipinski definition) is 1. The average Bonchev–Trinajstić information content (AvgIpc) is 2.19. The molecule has 0 amide bonds. The molecule has 0 radical (unpaired) electrons. The summed E-state index contributed by atoms with van der Waals surface area (Å²) >= 11 is 0. The largest absolute Gasteiger partial charge is 0.330 e. The van der Waals surface area contributed by atoms with Gasteiger partial charge in [0.05, 0.1) is 0 Å². The Morgan fingerprint density at radius 2 is 2.20 bits per heavy atom. The quantitative estimate of drug-likeness (QED) is 0.809. The van der Waals surface area contributed by atoms with E-state index >= 15 is 0 Å². The lowest BCUT2D eigenvalue weighted by molar-refractivity contribution is 0.185. The van der Waals surface area contributed by atoms with Crippen molar-refractivity contribution < 1.29 is 4.39 Å². The molecule has 2 nitrogen and oxygen atoms in total. The zero-order valence-corrected chi connectivity index (χ0v) is 9.36. The van der Waals surface area contributed by atoms with Gasteiger partial charge in [-0.25, -0.2) is 4.39 Å². The summed E-state index contributed by atoms with van der Waals surface area (Å²) in [5.74, 6) is 0.215. The van der Waals surface area contributed by atoms with Crippen LogP contribution in [-0.2, 0) is 6.42 Å². The zero-order chi connectivity index (χ0) is 11.3. The van der Waals surface area contributed by atoms with Crippen molar-refractivity contribution >= 4 is 0 Å². The second-order valence-electron chi connectivity index (χ2n) is 4.22. The summed E-state index contributed by atoms with van der Waals surface area (Å²) in [4.78, 5) is 3.97. The summed E-state index contributed by atoms with van der Waals surface area (Å²) in [5.41, 5.74) is 6.51. The Hall–Kier alpha value is -0.960. The number of alkyl halides is 1. The molecule has 2 atom stereocenters. The van der Waals surface area contributed by atoms with Crippen molar-refractivity contribution in [3.8, 4) is 0 Å². The summed E-state index contributed by atoms with van der Waals surface area (Å²) < 4.78 is 13.9. The van der Waals surface area contributed by atoms with E-state index in [4.69, 9.17) is 5.73 Å². The second-order valence-corrected chi connectivity index (χ2v) is 4.22. The Labute approximate surface area is 90.7 Å². The molecular formula is C12H19FN2.